The van der Waals surface area contributed by atoms with E-state index in [0.29, 0.717) is 17.0 Å². The predicted octanol–water partition coefficient (Wildman–Crippen LogP) is 1.88. The van der Waals surface area contributed by atoms with Gasteiger partial charge in [-0.25, -0.2) is 13.6 Å². The summed E-state index contributed by atoms with van der Waals surface area (Å²) in [5.74, 6) is -0.372. The van der Waals surface area contributed by atoms with Crippen molar-refractivity contribution in [1.82, 2.24) is 5.32 Å². The highest BCUT2D eigenvalue weighted by Gasteiger charge is 2.36. The third kappa shape index (κ3) is 4.63. The standard InChI is InChI=1S/C21H25N3O5S/c1-13-7-8-19(29-3)18(9-13)24-12-16(11-20(24)25)21(26)23-14(2)15-5-4-6-17(10-15)30(22,27)28/h4-10,14,16H,11-12H2,1-3H3,(H,23,26)(H2,22,27,28). The van der Waals surface area contributed by atoms with Crippen molar-refractivity contribution in [1.29, 1.82) is 0 Å². The molecule has 1 fully saturated rings. The zero-order chi connectivity index (χ0) is 22.1. The first-order valence-electron chi connectivity index (χ1n) is 9.48. The Morgan fingerprint density at radius 2 is 2.00 bits per heavy atom. The zero-order valence-electron chi connectivity index (χ0n) is 17.1. The largest absolute Gasteiger partial charge is 0.495 e. The van der Waals surface area contributed by atoms with Gasteiger partial charge in [0.25, 0.3) is 0 Å². The summed E-state index contributed by atoms with van der Waals surface area (Å²) in [5.41, 5.74) is 2.23. The lowest BCUT2D eigenvalue weighted by atomic mass is 10.0. The number of nitrogens with one attached hydrogen (secondary N) is 1. The van der Waals surface area contributed by atoms with Gasteiger partial charge in [-0.15, -0.1) is 0 Å². The van der Waals surface area contributed by atoms with Crippen molar-refractivity contribution in [2.24, 2.45) is 11.1 Å². The Kier molecular flexibility index (Phi) is 6.14. The van der Waals surface area contributed by atoms with Gasteiger partial charge in [0.15, 0.2) is 0 Å². The Morgan fingerprint density at radius 3 is 2.67 bits per heavy atom. The maximum atomic E-state index is 12.8. The fourth-order valence-corrected chi connectivity index (χ4v) is 4.07. The van der Waals surface area contributed by atoms with Crippen molar-refractivity contribution in [2.75, 3.05) is 18.6 Å². The monoisotopic (exact) mass is 431 g/mol. The Labute approximate surface area is 176 Å². The molecule has 1 saturated heterocycles. The van der Waals surface area contributed by atoms with Crippen molar-refractivity contribution in [3.63, 3.8) is 0 Å². The van der Waals surface area contributed by atoms with Gasteiger partial charge in [0.1, 0.15) is 5.75 Å². The summed E-state index contributed by atoms with van der Waals surface area (Å²) in [4.78, 5) is 26.9. The number of amides is 2. The maximum Gasteiger partial charge on any atom is 0.238 e. The molecule has 2 unspecified atom stereocenters. The normalized spacial score (nSPS) is 17.7. The third-order valence-electron chi connectivity index (χ3n) is 5.17. The molecule has 2 aromatic carbocycles. The lowest BCUT2D eigenvalue weighted by Crippen LogP contribution is -2.34. The summed E-state index contributed by atoms with van der Waals surface area (Å²) in [6.45, 7) is 3.91. The number of rotatable bonds is 6. The number of hydrogen-bond donors (Lipinski definition) is 2. The molecule has 160 valence electrons. The van der Waals surface area contributed by atoms with Crippen LogP contribution in [0.5, 0.6) is 5.75 Å². The van der Waals surface area contributed by atoms with Gasteiger partial charge in [-0.2, -0.15) is 0 Å². The van der Waals surface area contributed by atoms with Crippen LogP contribution in [-0.4, -0.2) is 33.9 Å². The molecule has 8 nitrogen and oxygen atoms in total. The first-order chi connectivity index (χ1) is 14.1. The average molecular weight is 432 g/mol. The van der Waals surface area contributed by atoms with Crippen molar-refractivity contribution < 1.29 is 22.7 Å². The number of sulfonamides is 1. The van der Waals surface area contributed by atoms with Gasteiger partial charge in [0.2, 0.25) is 21.8 Å². The highest BCUT2D eigenvalue weighted by atomic mass is 32.2. The van der Waals surface area contributed by atoms with Crippen molar-refractivity contribution >= 4 is 27.5 Å². The molecule has 0 saturated carbocycles. The molecule has 30 heavy (non-hydrogen) atoms. The molecule has 0 aliphatic carbocycles. The summed E-state index contributed by atoms with van der Waals surface area (Å²) in [6.07, 6.45) is 0.0901. The minimum absolute atomic E-state index is 0.0186. The number of primary sulfonamides is 1. The van der Waals surface area contributed by atoms with Crippen LogP contribution in [-0.2, 0) is 19.6 Å². The molecule has 1 aliphatic heterocycles. The highest BCUT2D eigenvalue weighted by molar-refractivity contribution is 7.89. The molecular formula is C21H25N3O5S. The van der Waals surface area contributed by atoms with Crippen LogP contribution in [0.1, 0.15) is 30.5 Å². The predicted molar refractivity (Wildman–Crippen MR) is 113 cm³/mol. The second kappa shape index (κ2) is 8.45. The highest BCUT2D eigenvalue weighted by Crippen LogP contribution is 2.34. The fourth-order valence-electron chi connectivity index (χ4n) is 3.50. The molecule has 0 radical (unpaired) electrons. The minimum Gasteiger partial charge on any atom is -0.495 e. The smallest absolute Gasteiger partial charge is 0.238 e. The quantitative estimate of drug-likeness (QED) is 0.724. The minimum atomic E-state index is -3.83. The van der Waals surface area contributed by atoms with Gasteiger partial charge in [-0.05, 0) is 49.2 Å². The fraction of sp³-hybridized carbons (Fsp3) is 0.333. The topological polar surface area (TPSA) is 119 Å². The second-order valence-electron chi connectivity index (χ2n) is 7.43. The molecule has 0 bridgehead atoms. The first kappa shape index (κ1) is 21.8. The lowest BCUT2D eigenvalue weighted by molar-refractivity contribution is -0.126. The van der Waals surface area contributed by atoms with E-state index in [-0.39, 0.29) is 29.7 Å². The summed E-state index contributed by atoms with van der Waals surface area (Å²) < 4.78 is 28.5. The Bertz CT molecular complexity index is 1080. The second-order valence-corrected chi connectivity index (χ2v) is 8.99. The molecule has 2 amide bonds. The molecule has 1 aliphatic rings. The molecule has 0 aromatic heterocycles. The number of methoxy groups -OCH3 is 1. The Morgan fingerprint density at radius 1 is 1.27 bits per heavy atom. The SMILES string of the molecule is COc1ccc(C)cc1N1CC(C(=O)NC(C)c2cccc(S(N)(=O)=O)c2)CC1=O. The number of anilines is 1. The van der Waals surface area contributed by atoms with Gasteiger partial charge in [0, 0.05) is 13.0 Å². The molecular weight excluding hydrogens is 406 g/mol. The van der Waals surface area contributed by atoms with Gasteiger partial charge >= 0.3 is 0 Å². The van der Waals surface area contributed by atoms with Crippen LogP contribution >= 0.6 is 0 Å². The van der Waals surface area contributed by atoms with Gasteiger partial charge in [0.05, 0.1) is 29.7 Å². The van der Waals surface area contributed by atoms with Crippen LogP contribution in [0.2, 0.25) is 0 Å². The third-order valence-corrected chi connectivity index (χ3v) is 6.08. The number of benzene rings is 2. The van der Waals surface area contributed by atoms with Crippen LogP contribution in [0.25, 0.3) is 0 Å². The summed E-state index contributed by atoms with van der Waals surface area (Å²) in [7, 11) is -2.30. The van der Waals surface area contributed by atoms with E-state index in [0.717, 1.165) is 5.56 Å². The van der Waals surface area contributed by atoms with E-state index < -0.39 is 22.0 Å². The molecule has 3 rings (SSSR count). The summed E-state index contributed by atoms with van der Waals surface area (Å²) >= 11 is 0. The molecule has 2 aromatic rings. The molecule has 1 heterocycles. The zero-order valence-corrected chi connectivity index (χ0v) is 17.9. The maximum absolute atomic E-state index is 12.8. The van der Waals surface area contributed by atoms with Crippen LogP contribution in [0.4, 0.5) is 5.69 Å². The van der Waals surface area contributed by atoms with E-state index in [1.165, 1.54) is 19.2 Å². The Balaban J connectivity index is 1.73. The van der Waals surface area contributed by atoms with E-state index >= 15 is 0 Å². The molecule has 3 N–H and O–H groups in total. The van der Waals surface area contributed by atoms with Crippen molar-refractivity contribution in [3.8, 4) is 5.75 Å². The van der Waals surface area contributed by atoms with E-state index in [1.54, 1.807) is 30.0 Å². The Hall–Kier alpha value is -2.91. The first-order valence-corrected chi connectivity index (χ1v) is 11.0. The number of nitrogens with two attached hydrogens (primary N) is 1. The van der Waals surface area contributed by atoms with E-state index in [4.69, 9.17) is 9.88 Å². The van der Waals surface area contributed by atoms with Crippen LogP contribution in [0.3, 0.4) is 0 Å². The van der Waals surface area contributed by atoms with Gasteiger partial charge < -0.3 is 15.0 Å². The number of aryl methyl sites for hydroxylation is 1. The number of ether oxygens (including phenoxy) is 1. The number of hydrogen-bond acceptors (Lipinski definition) is 5. The van der Waals surface area contributed by atoms with Crippen molar-refractivity contribution in [2.45, 2.75) is 31.2 Å². The van der Waals surface area contributed by atoms with Gasteiger partial charge in [-0.3, -0.25) is 9.59 Å². The molecule has 0 spiro atoms. The lowest BCUT2D eigenvalue weighted by Gasteiger charge is -2.21. The van der Waals surface area contributed by atoms with Crippen molar-refractivity contribution in [3.05, 3.63) is 53.6 Å². The van der Waals surface area contributed by atoms with E-state index in [2.05, 4.69) is 5.32 Å². The summed E-state index contributed by atoms with van der Waals surface area (Å²) in [6, 6.07) is 11.2. The summed E-state index contributed by atoms with van der Waals surface area (Å²) in [5, 5.41) is 8.04. The number of carbonyl (C=O) groups is 2. The molecule has 2 atom stereocenters. The van der Waals surface area contributed by atoms with E-state index in [1.807, 2.05) is 19.1 Å². The van der Waals surface area contributed by atoms with Gasteiger partial charge in [-0.1, -0.05) is 18.2 Å². The van der Waals surface area contributed by atoms with Crippen LogP contribution in [0, 0.1) is 12.8 Å². The van der Waals surface area contributed by atoms with Crippen LogP contribution in [0.15, 0.2) is 47.4 Å². The number of carbonyl (C=O) groups excluding carboxylic acids is 2. The molecule has 9 heteroatoms. The number of nitrogens with zero attached hydrogens (tertiary/aromatic N) is 1. The average Bonchev–Trinajstić information content (AvgIpc) is 3.09. The van der Waals surface area contributed by atoms with Crippen LogP contribution < -0.4 is 20.1 Å². The van der Waals surface area contributed by atoms with E-state index in [9.17, 15) is 18.0 Å².